The molecule has 0 atom stereocenters. The fourth-order valence-electron chi connectivity index (χ4n) is 1.26. The third-order valence-corrected chi connectivity index (χ3v) is 2.96. The van der Waals surface area contributed by atoms with E-state index in [2.05, 4.69) is 27.3 Å². The molecule has 0 amide bonds. The van der Waals surface area contributed by atoms with Gasteiger partial charge >= 0.3 is 0 Å². The maximum atomic E-state index is 9.52. The van der Waals surface area contributed by atoms with Gasteiger partial charge in [-0.1, -0.05) is 34.1 Å². The monoisotopic (exact) mass is 271 g/mol. The second-order valence-electron chi connectivity index (χ2n) is 4.33. The normalized spacial score (nSPS) is 11.7. The summed E-state index contributed by atoms with van der Waals surface area (Å²) in [5.74, 6) is 0. The average Bonchev–Trinajstić information content (AvgIpc) is 2.13. The highest BCUT2D eigenvalue weighted by molar-refractivity contribution is 9.10. The lowest BCUT2D eigenvalue weighted by molar-refractivity contribution is 0.0711. The van der Waals surface area contributed by atoms with Crippen LogP contribution in [0.1, 0.15) is 25.8 Å². The third kappa shape index (κ3) is 5.30. The topological polar surface area (TPSA) is 32.3 Å². The molecule has 1 aromatic rings. The van der Waals surface area contributed by atoms with Crippen molar-refractivity contribution in [2.75, 3.05) is 6.54 Å². The molecule has 0 bridgehead atoms. The molecule has 0 saturated heterocycles. The van der Waals surface area contributed by atoms with E-state index in [1.54, 1.807) is 0 Å². The lowest BCUT2D eigenvalue weighted by atomic mass is 10.1. The van der Waals surface area contributed by atoms with Crippen molar-refractivity contribution in [2.45, 2.75) is 32.4 Å². The number of benzene rings is 1. The molecule has 0 fully saturated rings. The molecule has 0 aliphatic rings. The Kier molecular flexibility index (Phi) is 4.77. The molecular formula is C12H18BrNO. The molecule has 0 saturated carbocycles. The zero-order valence-electron chi connectivity index (χ0n) is 9.26. The van der Waals surface area contributed by atoms with Crippen LogP contribution in [0.3, 0.4) is 0 Å². The zero-order valence-corrected chi connectivity index (χ0v) is 10.8. The van der Waals surface area contributed by atoms with E-state index in [1.165, 1.54) is 5.56 Å². The largest absolute Gasteiger partial charge is 0.390 e. The van der Waals surface area contributed by atoms with Crippen LogP contribution < -0.4 is 5.32 Å². The highest BCUT2D eigenvalue weighted by Crippen LogP contribution is 2.15. The van der Waals surface area contributed by atoms with Gasteiger partial charge in [-0.15, -0.1) is 0 Å². The minimum absolute atomic E-state index is 0.582. The van der Waals surface area contributed by atoms with Crippen molar-refractivity contribution in [3.63, 3.8) is 0 Å². The number of nitrogens with one attached hydrogen (secondary N) is 1. The van der Waals surface area contributed by atoms with Gasteiger partial charge < -0.3 is 10.4 Å². The molecule has 2 N–H and O–H groups in total. The first-order valence-electron chi connectivity index (χ1n) is 5.15. The van der Waals surface area contributed by atoms with Crippen LogP contribution in [0.15, 0.2) is 28.7 Å². The van der Waals surface area contributed by atoms with Crippen LogP contribution in [0, 0.1) is 0 Å². The minimum Gasteiger partial charge on any atom is -0.390 e. The summed E-state index contributed by atoms with van der Waals surface area (Å²) in [5, 5.41) is 12.8. The summed E-state index contributed by atoms with van der Waals surface area (Å²) in [6, 6.07) is 8.15. The van der Waals surface area contributed by atoms with Gasteiger partial charge in [-0.3, -0.25) is 0 Å². The van der Waals surface area contributed by atoms with Crippen molar-refractivity contribution in [3.8, 4) is 0 Å². The Bertz CT molecular complexity index is 307. The predicted octanol–water partition coefficient (Wildman–Crippen LogP) is 2.70. The fraction of sp³-hybridized carbons (Fsp3) is 0.500. The van der Waals surface area contributed by atoms with Crippen molar-refractivity contribution in [1.82, 2.24) is 5.32 Å². The van der Waals surface area contributed by atoms with E-state index in [9.17, 15) is 5.11 Å². The average molecular weight is 272 g/mol. The van der Waals surface area contributed by atoms with Gasteiger partial charge in [-0.2, -0.15) is 0 Å². The Hall–Kier alpha value is -0.380. The number of rotatable bonds is 5. The van der Waals surface area contributed by atoms with E-state index >= 15 is 0 Å². The summed E-state index contributed by atoms with van der Waals surface area (Å²) in [6.45, 7) is 5.31. The molecule has 1 rings (SSSR count). The zero-order chi connectivity index (χ0) is 11.3. The van der Waals surface area contributed by atoms with E-state index in [0.717, 1.165) is 24.0 Å². The highest BCUT2D eigenvalue weighted by Gasteiger charge is 2.10. The van der Waals surface area contributed by atoms with Gasteiger partial charge in [0.05, 0.1) is 5.60 Å². The maximum Gasteiger partial charge on any atom is 0.0603 e. The van der Waals surface area contributed by atoms with Crippen LogP contribution in [0.25, 0.3) is 0 Å². The molecule has 0 unspecified atom stereocenters. The SMILES string of the molecule is CC(C)(O)CCNCc1ccccc1Br. The number of hydrogen-bond donors (Lipinski definition) is 2. The van der Waals surface area contributed by atoms with Gasteiger partial charge in [0, 0.05) is 11.0 Å². The van der Waals surface area contributed by atoms with Crippen LogP contribution in [-0.2, 0) is 6.54 Å². The molecule has 15 heavy (non-hydrogen) atoms. The minimum atomic E-state index is -0.582. The first-order valence-corrected chi connectivity index (χ1v) is 5.95. The lowest BCUT2D eigenvalue weighted by Gasteiger charge is -2.17. The third-order valence-electron chi connectivity index (χ3n) is 2.19. The van der Waals surface area contributed by atoms with Gasteiger partial charge in [0.15, 0.2) is 0 Å². The van der Waals surface area contributed by atoms with Crippen molar-refractivity contribution in [3.05, 3.63) is 34.3 Å². The number of halogens is 1. The second-order valence-corrected chi connectivity index (χ2v) is 5.18. The van der Waals surface area contributed by atoms with Gasteiger partial charge in [-0.25, -0.2) is 0 Å². The summed E-state index contributed by atoms with van der Waals surface area (Å²) < 4.78 is 1.13. The first-order chi connectivity index (χ1) is 6.99. The number of aliphatic hydroxyl groups is 1. The van der Waals surface area contributed by atoms with E-state index < -0.39 is 5.60 Å². The molecule has 2 nitrogen and oxygen atoms in total. The van der Waals surface area contributed by atoms with Gasteiger partial charge in [0.1, 0.15) is 0 Å². The van der Waals surface area contributed by atoms with Crippen LogP contribution in [-0.4, -0.2) is 17.3 Å². The summed E-state index contributed by atoms with van der Waals surface area (Å²) in [5.41, 5.74) is 0.661. The van der Waals surface area contributed by atoms with Crippen molar-refractivity contribution < 1.29 is 5.11 Å². The Balaban J connectivity index is 2.30. The molecule has 0 aliphatic heterocycles. The molecule has 0 spiro atoms. The molecule has 0 heterocycles. The van der Waals surface area contributed by atoms with Crippen molar-refractivity contribution in [2.24, 2.45) is 0 Å². The predicted molar refractivity (Wildman–Crippen MR) is 66.8 cm³/mol. The first kappa shape index (κ1) is 12.7. The summed E-state index contributed by atoms with van der Waals surface area (Å²) in [6.07, 6.45) is 0.761. The second kappa shape index (κ2) is 5.64. The smallest absolute Gasteiger partial charge is 0.0603 e. The summed E-state index contributed by atoms with van der Waals surface area (Å²) in [7, 11) is 0. The van der Waals surface area contributed by atoms with Gasteiger partial charge in [0.25, 0.3) is 0 Å². The van der Waals surface area contributed by atoms with E-state index in [1.807, 2.05) is 32.0 Å². The van der Waals surface area contributed by atoms with Gasteiger partial charge in [-0.05, 0) is 38.4 Å². The van der Waals surface area contributed by atoms with Crippen molar-refractivity contribution >= 4 is 15.9 Å². The van der Waals surface area contributed by atoms with E-state index in [-0.39, 0.29) is 0 Å². The quantitative estimate of drug-likeness (QED) is 0.808. The molecule has 1 aromatic carbocycles. The van der Waals surface area contributed by atoms with Crippen LogP contribution in [0.4, 0.5) is 0 Å². The molecule has 3 heteroatoms. The van der Waals surface area contributed by atoms with Crippen LogP contribution in [0.2, 0.25) is 0 Å². The van der Waals surface area contributed by atoms with Gasteiger partial charge in [0.2, 0.25) is 0 Å². The standard InChI is InChI=1S/C12H18BrNO/c1-12(2,15)7-8-14-9-10-5-3-4-6-11(10)13/h3-6,14-15H,7-9H2,1-2H3. The molecule has 0 aromatic heterocycles. The Morgan fingerprint density at radius 3 is 2.60 bits per heavy atom. The maximum absolute atomic E-state index is 9.52. The van der Waals surface area contributed by atoms with Crippen LogP contribution >= 0.6 is 15.9 Å². The molecule has 0 radical (unpaired) electrons. The Morgan fingerprint density at radius 1 is 1.33 bits per heavy atom. The van der Waals surface area contributed by atoms with Crippen LogP contribution in [0.5, 0.6) is 0 Å². The summed E-state index contributed by atoms with van der Waals surface area (Å²) in [4.78, 5) is 0. The molecular weight excluding hydrogens is 254 g/mol. The van der Waals surface area contributed by atoms with Crippen molar-refractivity contribution in [1.29, 1.82) is 0 Å². The number of hydrogen-bond acceptors (Lipinski definition) is 2. The summed E-state index contributed by atoms with van der Waals surface area (Å²) >= 11 is 3.50. The van der Waals surface area contributed by atoms with E-state index in [0.29, 0.717) is 0 Å². The Labute approximate surface area is 99.8 Å². The van der Waals surface area contributed by atoms with E-state index in [4.69, 9.17) is 0 Å². The fourth-order valence-corrected chi connectivity index (χ4v) is 1.68. The highest BCUT2D eigenvalue weighted by atomic mass is 79.9. The lowest BCUT2D eigenvalue weighted by Crippen LogP contribution is -2.26. The Morgan fingerprint density at radius 2 is 2.00 bits per heavy atom. The molecule has 0 aliphatic carbocycles. The molecule has 84 valence electrons.